The number of carbonyl (C=O) groups excluding carboxylic acids is 4. The van der Waals surface area contributed by atoms with Gasteiger partial charge in [-0.2, -0.15) is 0 Å². The van der Waals surface area contributed by atoms with E-state index >= 15 is 0 Å². The average Bonchev–Trinajstić information content (AvgIpc) is 2.65. The van der Waals surface area contributed by atoms with E-state index in [4.69, 9.17) is 28.1 Å². The molecule has 1 aliphatic rings. The first kappa shape index (κ1) is 30.4. The van der Waals surface area contributed by atoms with E-state index in [1.807, 2.05) is 0 Å². The largest absolute Gasteiger partial charge is 0.463 e. The van der Waals surface area contributed by atoms with Crippen molar-refractivity contribution < 1.29 is 47.3 Å². The van der Waals surface area contributed by atoms with E-state index in [0.29, 0.717) is 12.4 Å². The lowest BCUT2D eigenvalue weighted by atomic mass is 9.99. The molecule has 34 heavy (non-hydrogen) atoms. The third-order valence-corrected chi connectivity index (χ3v) is 11.2. The second-order valence-electron chi connectivity index (χ2n) is 9.55. The second kappa shape index (κ2) is 12.9. The third-order valence-electron chi connectivity index (χ3n) is 5.58. The van der Waals surface area contributed by atoms with E-state index < -0.39 is 62.0 Å². The van der Waals surface area contributed by atoms with Crippen molar-refractivity contribution >= 4 is 44.0 Å². The summed E-state index contributed by atoms with van der Waals surface area (Å²) in [4.78, 5) is 46.9. The molecule has 196 valence electrons. The van der Waals surface area contributed by atoms with Gasteiger partial charge in [-0.3, -0.25) is 19.2 Å². The van der Waals surface area contributed by atoms with Crippen molar-refractivity contribution in [2.45, 2.75) is 96.5 Å². The molecule has 0 saturated carbocycles. The zero-order valence-corrected chi connectivity index (χ0v) is 23.3. The minimum Gasteiger partial charge on any atom is -0.463 e. The van der Waals surface area contributed by atoms with Crippen LogP contribution in [0.2, 0.25) is 18.1 Å². The van der Waals surface area contributed by atoms with E-state index in [1.54, 1.807) is 0 Å². The van der Waals surface area contributed by atoms with Crippen molar-refractivity contribution in [1.82, 2.24) is 0 Å². The Morgan fingerprint density at radius 2 is 1.32 bits per heavy atom. The highest BCUT2D eigenvalue weighted by molar-refractivity contribution is 7.99. The van der Waals surface area contributed by atoms with Crippen LogP contribution in [-0.4, -0.2) is 81.0 Å². The molecule has 0 amide bonds. The van der Waals surface area contributed by atoms with Gasteiger partial charge in [0.25, 0.3) is 0 Å². The zero-order chi connectivity index (χ0) is 26.3. The molecule has 0 aromatic carbocycles. The maximum atomic E-state index is 11.9. The maximum absolute atomic E-state index is 11.9. The Morgan fingerprint density at radius 3 is 1.79 bits per heavy atom. The zero-order valence-electron chi connectivity index (χ0n) is 21.5. The molecule has 1 rings (SSSR count). The molecule has 12 heteroatoms. The van der Waals surface area contributed by atoms with Gasteiger partial charge in [0.15, 0.2) is 26.6 Å². The van der Waals surface area contributed by atoms with Crippen molar-refractivity contribution in [3.8, 4) is 0 Å². The number of esters is 4. The van der Waals surface area contributed by atoms with E-state index in [-0.39, 0.29) is 11.6 Å². The van der Waals surface area contributed by atoms with Gasteiger partial charge in [-0.25, -0.2) is 0 Å². The van der Waals surface area contributed by atoms with Crippen LogP contribution in [0.1, 0.15) is 48.5 Å². The minimum absolute atomic E-state index is 0.0477. The summed E-state index contributed by atoms with van der Waals surface area (Å²) in [6, 6.07) is 0. The van der Waals surface area contributed by atoms with Gasteiger partial charge in [0.2, 0.25) is 0 Å². The van der Waals surface area contributed by atoms with Crippen LogP contribution in [0.3, 0.4) is 0 Å². The van der Waals surface area contributed by atoms with E-state index in [1.165, 1.54) is 39.5 Å². The summed E-state index contributed by atoms with van der Waals surface area (Å²) < 4.78 is 33.6. The highest BCUT2D eigenvalue weighted by Crippen LogP contribution is 2.37. The van der Waals surface area contributed by atoms with Crippen molar-refractivity contribution in [3.05, 3.63) is 0 Å². The monoisotopic (exact) mass is 522 g/mol. The molecular formula is C22H38O10SSi. The summed E-state index contributed by atoms with van der Waals surface area (Å²) in [5.41, 5.74) is -0.788. The highest BCUT2D eigenvalue weighted by atomic mass is 32.2. The van der Waals surface area contributed by atoms with Crippen LogP contribution in [0, 0.1) is 0 Å². The SMILES string of the molecule is CC(=O)OC[C@H]1O[C@@H](SCCO[Si](C)(C)C(C)(C)C)[C@H](OC(C)=O)[C@@H](OC(C)=O)[C@@H]1OC(C)=O. The predicted octanol–water partition coefficient (Wildman–Crippen LogP) is 2.82. The number of rotatable bonds is 10. The van der Waals surface area contributed by atoms with Gasteiger partial charge < -0.3 is 28.1 Å². The fourth-order valence-electron chi connectivity index (χ4n) is 3.00. The van der Waals surface area contributed by atoms with Gasteiger partial charge in [-0.15, -0.1) is 11.8 Å². The normalized spacial score (nSPS) is 25.3. The number of ether oxygens (including phenoxy) is 5. The van der Waals surface area contributed by atoms with E-state index in [9.17, 15) is 19.2 Å². The molecule has 0 unspecified atom stereocenters. The molecule has 0 N–H and O–H groups in total. The number of hydrogen-bond acceptors (Lipinski definition) is 11. The molecule has 0 aromatic heterocycles. The molecule has 1 aliphatic heterocycles. The first-order chi connectivity index (χ1) is 15.5. The number of hydrogen-bond donors (Lipinski definition) is 0. The van der Waals surface area contributed by atoms with Crippen LogP contribution in [0.5, 0.6) is 0 Å². The summed E-state index contributed by atoms with van der Waals surface area (Å²) in [6.07, 6.45) is -4.30. The third kappa shape index (κ3) is 9.55. The van der Waals surface area contributed by atoms with Crippen molar-refractivity contribution in [1.29, 1.82) is 0 Å². The molecule has 1 fully saturated rings. The van der Waals surface area contributed by atoms with Gasteiger partial charge in [0.1, 0.15) is 18.1 Å². The Balaban J connectivity index is 3.14. The molecule has 1 saturated heterocycles. The lowest BCUT2D eigenvalue weighted by Crippen LogP contribution is -2.61. The van der Waals surface area contributed by atoms with Gasteiger partial charge in [0.05, 0.1) is 0 Å². The Labute approximate surface area is 206 Å². The van der Waals surface area contributed by atoms with Crippen molar-refractivity contribution in [2.75, 3.05) is 19.0 Å². The Morgan fingerprint density at radius 1 is 0.824 bits per heavy atom. The van der Waals surface area contributed by atoms with Crippen LogP contribution in [0.4, 0.5) is 0 Å². The van der Waals surface area contributed by atoms with E-state index in [0.717, 1.165) is 0 Å². The molecule has 1 heterocycles. The molecule has 0 aromatic rings. The minimum atomic E-state index is -1.96. The summed E-state index contributed by atoms with van der Waals surface area (Å²) >= 11 is 1.31. The van der Waals surface area contributed by atoms with E-state index in [2.05, 4.69) is 33.9 Å². The summed E-state index contributed by atoms with van der Waals surface area (Å²) in [5, 5.41) is 0.0477. The standard InChI is InChI=1S/C22H38O10SSi/c1-13(23)27-12-17-18(29-14(2)24)19(30-15(3)25)20(31-16(4)26)21(32-17)33-11-10-28-34(8,9)22(5,6)7/h17-21H,10-12H2,1-9H3/t17-,18-,19+,20-,21+/m1/s1. The maximum Gasteiger partial charge on any atom is 0.303 e. The van der Waals surface area contributed by atoms with Crippen molar-refractivity contribution in [3.63, 3.8) is 0 Å². The van der Waals surface area contributed by atoms with Gasteiger partial charge in [0, 0.05) is 40.1 Å². The van der Waals surface area contributed by atoms with Crippen LogP contribution in [0.15, 0.2) is 0 Å². The second-order valence-corrected chi connectivity index (χ2v) is 15.6. The van der Waals surface area contributed by atoms with Crippen LogP contribution in [-0.2, 0) is 47.3 Å². The Bertz CT molecular complexity index is 736. The molecular weight excluding hydrogens is 484 g/mol. The smallest absolute Gasteiger partial charge is 0.303 e. The quantitative estimate of drug-likeness (QED) is 0.182. The molecule has 5 atom stereocenters. The summed E-state index contributed by atoms with van der Waals surface area (Å²) in [6.45, 7) is 15.8. The van der Waals surface area contributed by atoms with Gasteiger partial charge in [-0.05, 0) is 18.1 Å². The van der Waals surface area contributed by atoms with Crippen LogP contribution >= 0.6 is 11.8 Å². The number of carbonyl (C=O) groups is 4. The topological polar surface area (TPSA) is 124 Å². The fourth-order valence-corrected chi connectivity index (χ4v) is 5.23. The molecule has 0 radical (unpaired) electrons. The first-order valence-corrected chi connectivity index (χ1v) is 15.1. The Hall–Kier alpha value is -1.63. The molecule has 0 bridgehead atoms. The van der Waals surface area contributed by atoms with Crippen molar-refractivity contribution in [2.24, 2.45) is 0 Å². The fraction of sp³-hybridized carbons (Fsp3) is 0.818. The van der Waals surface area contributed by atoms with Crippen LogP contribution in [0.25, 0.3) is 0 Å². The molecule has 0 aliphatic carbocycles. The molecule has 10 nitrogen and oxygen atoms in total. The Kier molecular flexibility index (Phi) is 11.5. The first-order valence-electron chi connectivity index (χ1n) is 11.1. The summed E-state index contributed by atoms with van der Waals surface area (Å²) in [5.74, 6) is -1.98. The highest BCUT2D eigenvalue weighted by Gasteiger charge is 2.52. The van der Waals surface area contributed by atoms with Crippen LogP contribution < -0.4 is 0 Å². The summed E-state index contributed by atoms with van der Waals surface area (Å²) in [7, 11) is -1.96. The lowest BCUT2D eigenvalue weighted by Gasteiger charge is -2.44. The number of thioether (sulfide) groups is 1. The average molecular weight is 523 g/mol. The predicted molar refractivity (Wildman–Crippen MR) is 128 cm³/mol. The van der Waals surface area contributed by atoms with Gasteiger partial charge in [-0.1, -0.05) is 20.8 Å². The lowest BCUT2D eigenvalue weighted by molar-refractivity contribution is -0.237. The van der Waals surface area contributed by atoms with Gasteiger partial charge >= 0.3 is 23.9 Å². The molecule has 0 spiro atoms.